The number of alkyl halides is 1. The molecule has 0 aliphatic rings. The predicted octanol–water partition coefficient (Wildman–Crippen LogP) is 4.08. The topological polar surface area (TPSA) is 26.0 Å². The Kier molecular flexibility index (Phi) is 11.5. The third-order valence-corrected chi connectivity index (χ3v) is 3.02. The summed E-state index contributed by atoms with van der Waals surface area (Å²) in [6.45, 7) is 2.88. The molecule has 0 fully saturated rings. The number of rotatable bonds is 10. The summed E-state index contributed by atoms with van der Waals surface area (Å²) in [7, 11) is 0. The van der Waals surface area contributed by atoms with E-state index in [4.69, 9.17) is 17.3 Å². The zero-order valence-electron chi connectivity index (χ0n) is 9.60. The second-order valence-corrected chi connectivity index (χ2v) is 4.71. The summed E-state index contributed by atoms with van der Waals surface area (Å²) in [4.78, 5) is 0. The Morgan fingerprint density at radius 1 is 0.929 bits per heavy atom. The van der Waals surface area contributed by atoms with Crippen molar-refractivity contribution in [2.45, 2.75) is 70.1 Å². The fourth-order valence-corrected chi connectivity index (χ4v) is 1.77. The molecule has 0 aliphatic carbocycles. The third kappa shape index (κ3) is 10.3. The van der Waals surface area contributed by atoms with Gasteiger partial charge in [-0.25, -0.2) is 0 Å². The van der Waals surface area contributed by atoms with Gasteiger partial charge in [0.25, 0.3) is 0 Å². The Labute approximate surface area is 94.4 Å². The second kappa shape index (κ2) is 11.3. The molecule has 1 unspecified atom stereocenters. The van der Waals surface area contributed by atoms with Crippen LogP contribution in [0.1, 0.15) is 64.7 Å². The van der Waals surface area contributed by atoms with Gasteiger partial charge in [-0.2, -0.15) is 0 Å². The van der Waals surface area contributed by atoms with E-state index in [9.17, 15) is 0 Å². The van der Waals surface area contributed by atoms with Gasteiger partial charge < -0.3 is 5.73 Å². The molecule has 0 radical (unpaired) electrons. The van der Waals surface area contributed by atoms with Crippen molar-refractivity contribution in [1.82, 2.24) is 0 Å². The molecule has 0 aliphatic heterocycles. The quantitative estimate of drug-likeness (QED) is 0.435. The van der Waals surface area contributed by atoms with Crippen LogP contribution in [0.4, 0.5) is 0 Å². The first-order chi connectivity index (χ1) is 6.81. The normalized spacial score (nSPS) is 13.1. The third-order valence-electron chi connectivity index (χ3n) is 2.63. The average Bonchev–Trinajstić information content (AvgIpc) is 2.21. The maximum atomic E-state index is 5.92. The largest absolute Gasteiger partial charge is 0.329 e. The van der Waals surface area contributed by atoms with Crippen LogP contribution in [-0.4, -0.2) is 11.9 Å². The van der Waals surface area contributed by atoms with E-state index in [1.807, 2.05) is 0 Å². The molecular weight excluding hydrogens is 194 g/mol. The fraction of sp³-hybridized carbons (Fsp3) is 1.00. The predicted molar refractivity (Wildman–Crippen MR) is 65.9 cm³/mol. The van der Waals surface area contributed by atoms with Crippen molar-refractivity contribution < 1.29 is 0 Å². The van der Waals surface area contributed by atoms with Gasteiger partial charge in [0.1, 0.15) is 0 Å². The lowest BCUT2D eigenvalue weighted by Gasteiger charge is -2.05. The standard InChI is InChI=1S/C12H26ClN/c1-2-3-4-5-6-7-8-9-10-12(13)11-14/h12H,2-11,14H2,1H3. The molecule has 86 valence electrons. The van der Waals surface area contributed by atoms with Gasteiger partial charge in [-0.3, -0.25) is 0 Å². The maximum Gasteiger partial charge on any atom is 0.0458 e. The Morgan fingerprint density at radius 3 is 1.93 bits per heavy atom. The van der Waals surface area contributed by atoms with Crippen molar-refractivity contribution in [3.8, 4) is 0 Å². The Bertz CT molecular complexity index is 106. The summed E-state index contributed by atoms with van der Waals surface area (Å²) in [6.07, 6.45) is 12.0. The molecule has 0 spiro atoms. The molecule has 0 bridgehead atoms. The summed E-state index contributed by atoms with van der Waals surface area (Å²) in [5, 5.41) is 0.204. The van der Waals surface area contributed by atoms with Crippen LogP contribution in [0.3, 0.4) is 0 Å². The first-order valence-electron chi connectivity index (χ1n) is 6.15. The van der Waals surface area contributed by atoms with Crippen LogP contribution in [-0.2, 0) is 0 Å². The van der Waals surface area contributed by atoms with E-state index in [1.165, 1.54) is 51.4 Å². The SMILES string of the molecule is CCCCCCCCCCC(Cl)CN. The van der Waals surface area contributed by atoms with Crippen LogP contribution in [0.25, 0.3) is 0 Å². The van der Waals surface area contributed by atoms with Crippen molar-refractivity contribution in [2.24, 2.45) is 5.73 Å². The van der Waals surface area contributed by atoms with Gasteiger partial charge in [0, 0.05) is 11.9 Å². The van der Waals surface area contributed by atoms with Crippen molar-refractivity contribution in [1.29, 1.82) is 0 Å². The van der Waals surface area contributed by atoms with E-state index in [1.54, 1.807) is 0 Å². The summed E-state index contributed by atoms with van der Waals surface area (Å²) < 4.78 is 0. The highest BCUT2D eigenvalue weighted by atomic mass is 35.5. The summed E-state index contributed by atoms with van der Waals surface area (Å²) in [5.41, 5.74) is 5.44. The monoisotopic (exact) mass is 219 g/mol. The minimum Gasteiger partial charge on any atom is -0.329 e. The number of unbranched alkanes of at least 4 members (excludes halogenated alkanes) is 7. The summed E-state index contributed by atoms with van der Waals surface area (Å²) in [6, 6.07) is 0. The van der Waals surface area contributed by atoms with E-state index in [0.717, 1.165) is 6.42 Å². The van der Waals surface area contributed by atoms with E-state index in [0.29, 0.717) is 6.54 Å². The highest BCUT2D eigenvalue weighted by Crippen LogP contribution is 2.12. The van der Waals surface area contributed by atoms with Gasteiger partial charge in [0.15, 0.2) is 0 Å². The minimum atomic E-state index is 0.204. The average molecular weight is 220 g/mol. The van der Waals surface area contributed by atoms with Gasteiger partial charge in [-0.15, -0.1) is 11.6 Å². The number of halogens is 1. The molecule has 0 rings (SSSR count). The van der Waals surface area contributed by atoms with Crippen LogP contribution in [0.15, 0.2) is 0 Å². The van der Waals surface area contributed by atoms with Crippen LogP contribution in [0.2, 0.25) is 0 Å². The molecule has 14 heavy (non-hydrogen) atoms. The lowest BCUT2D eigenvalue weighted by atomic mass is 10.1. The van der Waals surface area contributed by atoms with Crippen molar-refractivity contribution >= 4 is 11.6 Å². The molecule has 0 aromatic rings. The zero-order valence-corrected chi connectivity index (χ0v) is 10.4. The Morgan fingerprint density at radius 2 is 1.43 bits per heavy atom. The highest BCUT2D eigenvalue weighted by molar-refractivity contribution is 6.20. The van der Waals surface area contributed by atoms with Crippen LogP contribution >= 0.6 is 11.6 Å². The van der Waals surface area contributed by atoms with Gasteiger partial charge in [-0.1, -0.05) is 58.3 Å². The molecule has 1 nitrogen and oxygen atoms in total. The Hall–Kier alpha value is 0.250. The van der Waals surface area contributed by atoms with Crippen molar-refractivity contribution in [3.05, 3.63) is 0 Å². The second-order valence-electron chi connectivity index (χ2n) is 4.10. The maximum absolute atomic E-state index is 5.92. The first-order valence-corrected chi connectivity index (χ1v) is 6.59. The van der Waals surface area contributed by atoms with Crippen molar-refractivity contribution in [2.75, 3.05) is 6.54 Å². The molecule has 1 atom stereocenters. The molecule has 0 saturated carbocycles. The molecule has 0 heterocycles. The van der Waals surface area contributed by atoms with E-state index < -0.39 is 0 Å². The summed E-state index contributed by atoms with van der Waals surface area (Å²) >= 11 is 5.92. The van der Waals surface area contributed by atoms with Gasteiger partial charge in [0.2, 0.25) is 0 Å². The summed E-state index contributed by atoms with van der Waals surface area (Å²) in [5.74, 6) is 0. The van der Waals surface area contributed by atoms with Crippen molar-refractivity contribution in [3.63, 3.8) is 0 Å². The number of hydrogen-bond acceptors (Lipinski definition) is 1. The van der Waals surface area contributed by atoms with Crippen LogP contribution in [0.5, 0.6) is 0 Å². The molecule has 0 amide bonds. The molecule has 0 aromatic heterocycles. The lowest BCUT2D eigenvalue weighted by molar-refractivity contribution is 0.560. The van der Waals surface area contributed by atoms with E-state index in [-0.39, 0.29) is 5.38 Å². The smallest absolute Gasteiger partial charge is 0.0458 e. The zero-order chi connectivity index (χ0) is 10.6. The van der Waals surface area contributed by atoms with E-state index >= 15 is 0 Å². The Balaban J connectivity index is 2.92. The molecule has 0 saturated heterocycles. The van der Waals surface area contributed by atoms with Crippen LogP contribution < -0.4 is 5.73 Å². The highest BCUT2D eigenvalue weighted by Gasteiger charge is 2.00. The molecular formula is C12H26ClN. The first kappa shape index (κ1) is 14.2. The number of hydrogen-bond donors (Lipinski definition) is 1. The minimum absolute atomic E-state index is 0.204. The number of nitrogens with two attached hydrogens (primary N) is 1. The molecule has 0 aromatic carbocycles. The fourth-order valence-electron chi connectivity index (χ4n) is 1.62. The van der Waals surface area contributed by atoms with E-state index in [2.05, 4.69) is 6.92 Å². The van der Waals surface area contributed by atoms with Gasteiger partial charge >= 0.3 is 0 Å². The molecule has 2 heteroatoms. The molecule has 2 N–H and O–H groups in total. The van der Waals surface area contributed by atoms with Gasteiger partial charge in [-0.05, 0) is 6.42 Å². The van der Waals surface area contributed by atoms with Crippen LogP contribution in [0, 0.1) is 0 Å². The lowest BCUT2D eigenvalue weighted by Crippen LogP contribution is -2.13. The van der Waals surface area contributed by atoms with Gasteiger partial charge in [0.05, 0.1) is 0 Å².